The van der Waals surface area contributed by atoms with E-state index in [9.17, 15) is 0 Å². The fourth-order valence-corrected chi connectivity index (χ4v) is 1.82. The average Bonchev–Trinajstić information content (AvgIpc) is 2.22. The number of ether oxygens (including phenoxy) is 1. The van der Waals surface area contributed by atoms with Crippen molar-refractivity contribution < 1.29 is 4.74 Å². The maximum Gasteiger partial charge on any atom is 0.225 e. The molecule has 17 heavy (non-hydrogen) atoms. The first-order valence-corrected chi connectivity index (χ1v) is 6.17. The van der Waals surface area contributed by atoms with E-state index in [0.29, 0.717) is 5.88 Å². The average molecular weight is 314 g/mol. The summed E-state index contributed by atoms with van der Waals surface area (Å²) in [6, 6.07) is 7.46. The highest BCUT2D eigenvalue weighted by atomic mass is 79.9. The van der Waals surface area contributed by atoms with E-state index in [0.717, 1.165) is 21.5 Å². The topological polar surface area (TPSA) is 35.0 Å². The van der Waals surface area contributed by atoms with Crippen LogP contribution in [0.3, 0.4) is 0 Å². The van der Waals surface area contributed by atoms with E-state index in [1.165, 1.54) is 0 Å². The second-order valence-electron chi connectivity index (χ2n) is 3.63. The Morgan fingerprint density at radius 2 is 1.94 bits per heavy atom. The van der Waals surface area contributed by atoms with Crippen LogP contribution in [0.2, 0.25) is 5.28 Å². The van der Waals surface area contributed by atoms with Gasteiger partial charge < -0.3 is 4.74 Å². The lowest BCUT2D eigenvalue weighted by molar-refractivity contribution is 0.460. The number of halogens is 2. The molecular weight excluding hydrogens is 304 g/mol. The molecule has 1 aromatic heterocycles. The molecule has 2 rings (SSSR count). The summed E-state index contributed by atoms with van der Waals surface area (Å²) in [5.41, 5.74) is 1.87. The molecule has 0 aliphatic carbocycles. The number of hydrogen-bond donors (Lipinski definition) is 0. The Kier molecular flexibility index (Phi) is 3.64. The standard InChI is InChI=1S/C12H10BrClN2O/c1-7-5-9(3-4-10(7)13)17-11-6-8(2)15-12(14)16-11/h3-6H,1-2H3. The molecule has 0 atom stereocenters. The van der Waals surface area contributed by atoms with Crippen LogP contribution in [0.25, 0.3) is 0 Å². The van der Waals surface area contributed by atoms with Crippen molar-refractivity contribution in [1.82, 2.24) is 9.97 Å². The summed E-state index contributed by atoms with van der Waals surface area (Å²) in [6.45, 7) is 3.84. The van der Waals surface area contributed by atoms with Crippen molar-refractivity contribution in [2.75, 3.05) is 0 Å². The zero-order chi connectivity index (χ0) is 12.4. The van der Waals surface area contributed by atoms with Gasteiger partial charge in [0.2, 0.25) is 11.2 Å². The first kappa shape index (κ1) is 12.3. The second-order valence-corrected chi connectivity index (χ2v) is 4.82. The maximum atomic E-state index is 5.76. The van der Waals surface area contributed by atoms with Crippen LogP contribution in [-0.4, -0.2) is 9.97 Å². The molecule has 88 valence electrons. The minimum absolute atomic E-state index is 0.189. The highest BCUT2D eigenvalue weighted by Gasteiger charge is 2.04. The Morgan fingerprint density at radius 1 is 1.18 bits per heavy atom. The summed E-state index contributed by atoms with van der Waals surface area (Å²) in [4.78, 5) is 7.98. The molecule has 0 aliphatic heterocycles. The van der Waals surface area contributed by atoms with Gasteiger partial charge in [0.1, 0.15) is 5.75 Å². The summed E-state index contributed by atoms with van der Waals surface area (Å²) in [5.74, 6) is 1.17. The minimum Gasteiger partial charge on any atom is -0.439 e. The molecule has 0 saturated carbocycles. The van der Waals surface area contributed by atoms with Gasteiger partial charge in [-0.1, -0.05) is 15.9 Å². The molecular formula is C12H10BrClN2O. The van der Waals surface area contributed by atoms with E-state index in [4.69, 9.17) is 16.3 Å². The van der Waals surface area contributed by atoms with Crippen LogP contribution in [0.4, 0.5) is 0 Å². The van der Waals surface area contributed by atoms with Crippen molar-refractivity contribution in [2.24, 2.45) is 0 Å². The van der Waals surface area contributed by atoms with E-state index in [1.807, 2.05) is 32.0 Å². The van der Waals surface area contributed by atoms with E-state index in [-0.39, 0.29) is 5.28 Å². The first-order valence-electron chi connectivity index (χ1n) is 5.00. The Labute approximate surface area is 113 Å². The Morgan fingerprint density at radius 3 is 2.59 bits per heavy atom. The van der Waals surface area contributed by atoms with Crippen molar-refractivity contribution in [1.29, 1.82) is 0 Å². The van der Waals surface area contributed by atoms with Crippen molar-refractivity contribution in [3.8, 4) is 11.6 Å². The first-order chi connectivity index (χ1) is 8.04. The Balaban J connectivity index is 2.28. The van der Waals surface area contributed by atoms with Crippen LogP contribution in [0, 0.1) is 13.8 Å². The lowest BCUT2D eigenvalue weighted by Crippen LogP contribution is -1.92. The fraction of sp³-hybridized carbons (Fsp3) is 0.167. The van der Waals surface area contributed by atoms with Gasteiger partial charge in [-0.3, -0.25) is 0 Å². The van der Waals surface area contributed by atoms with Crippen LogP contribution in [-0.2, 0) is 0 Å². The van der Waals surface area contributed by atoms with Gasteiger partial charge in [-0.25, -0.2) is 4.98 Å². The van der Waals surface area contributed by atoms with Gasteiger partial charge in [0.15, 0.2) is 0 Å². The van der Waals surface area contributed by atoms with E-state index < -0.39 is 0 Å². The van der Waals surface area contributed by atoms with Crippen molar-refractivity contribution in [3.63, 3.8) is 0 Å². The molecule has 2 aromatic rings. The monoisotopic (exact) mass is 312 g/mol. The Hall–Kier alpha value is -1.13. The normalized spacial score (nSPS) is 10.4. The predicted octanol–water partition coefficient (Wildman–Crippen LogP) is 4.30. The van der Waals surface area contributed by atoms with E-state index >= 15 is 0 Å². The number of benzene rings is 1. The van der Waals surface area contributed by atoms with Gasteiger partial charge in [0, 0.05) is 16.2 Å². The maximum absolute atomic E-state index is 5.76. The smallest absolute Gasteiger partial charge is 0.225 e. The third kappa shape index (κ3) is 3.17. The lowest BCUT2D eigenvalue weighted by Gasteiger charge is -2.07. The van der Waals surface area contributed by atoms with Gasteiger partial charge >= 0.3 is 0 Å². The molecule has 0 saturated heterocycles. The minimum atomic E-state index is 0.189. The van der Waals surface area contributed by atoms with Crippen LogP contribution in [0.15, 0.2) is 28.7 Å². The van der Waals surface area contributed by atoms with Crippen LogP contribution in [0.1, 0.15) is 11.3 Å². The van der Waals surface area contributed by atoms with Crippen LogP contribution >= 0.6 is 27.5 Å². The summed E-state index contributed by atoms with van der Waals surface area (Å²) in [5, 5.41) is 0.189. The van der Waals surface area contributed by atoms with Gasteiger partial charge in [-0.05, 0) is 49.2 Å². The van der Waals surface area contributed by atoms with E-state index in [2.05, 4.69) is 25.9 Å². The molecule has 0 radical (unpaired) electrons. The summed E-state index contributed by atoms with van der Waals surface area (Å²) in [7, 11) is 0. The van der Waals surface area contributed by atoms with Crippen molar-refractivity contribution in [2.45, 2.75) is 13.8 Å². The molecule has 0 amide bonds. The third-order valence-corrected chi connectivity index (χ3v) is 3.21. The van der Waals surface area contributed by atoms with Crippen LogP contribution in [0.5, 0.6) is 11.6 Å². The molecule has 1 heterocycles. The number of aryl methyl sites for hydroxylation is 2. The summed E-state index contributed by atoms with van der Waals surface area (Å²) >= 11 is 9.20. The van der Waals surface area contributed by atoms with Crippen LogP contribution < -0.4 is 4.74 Å². The number of rotatable bonds is 2. The summed E-state index contributed by atoms with van der Waals surface area (Å²) < 4.78 is 6.66. The van der Waals surface area contributed by atoms with Crippen molar-refractivity contribution >= 4 is 27.5 Å². The quantitative estimate of drug-likeness (QED) is 0.775. The zero-order valence-corrected chi connectivity index (χ0v) is 11.7. The highest BCUT2D eigenvalue weighted by Crippen LogP contribution is 2.25. The summed E-state index contributed by atoms with van der Waals surface area (Å²) in [6.07, 6.45) is 0. The van der Waals surface area contributed by atoms with E-state index in [1.54, 1.807) is 6.07 Å². The second kappa shape index (κ2) is 5.02. The molecule has 0 aliphatic rings. The lowest BCUT2D eigenvalue weighted by atomic mass is 10.2. The number of hydrogen-bond acceptors (Lipinski definition) is 3. The highest BCUT2D eigenvalue weighted by molar-refractivity contribution is 9.10. The predicted molar refractivity (Wildman–Crippen MR) is 70.7 cm³/mol. The molecule has 0 bridgehead atoms. The number of nitrogens with zero attached hydrogens (tertiary/aromatic N) is 2. The van der Waals surface area contributed by atoms with Gasteiger partial charge in [0.25, 0.3) is 0 Å². The Bertz CT molecular complexity index is 540. The number of aromatic nitrogens is 2. The molecule has 0 N–H and O–H groups in total. The van der Waals surface area contributed by atoms with Crippen molar-refractivity contribution in [3.05, 3.63) is 45.3 Å². The van der Waals surface area contributed by atoms with Gasteiger partial charge in [0.05, 0.1) is 0 Å². The van der Waals surface area contributed by atoms with Gasteiger partial charge in [-0.15, -0.1) is 0 Å². The third-order valence-electron chi connectivity index (χ3n) is 2.16. The largest absolute Gasteiger partial charge is 0.439 e. The zero-order valence-electron chi connectivity index (χ0n) is 9.37. The molecule has 3 nitrogen and oxygen atoms in total. The molecule has 1 aromatic carbocycles. The molecule has 0 fully saturated rings. The fourth-order valence-electron chi connectivity index (χ4n) is 1.36. The van der Waals surface area contributed by atoms with Gasteiger partial charge in [-0.2, -0.15) is 4.98 Å². The molecule has 5 heteroatoms. The molecule has 0 unspecified atom stereocenters. The molecule has 0 spiro atoms. The SMILES string of the molecule is Cc1cc(Oc2ccc(Br)c(C)c2)nc(Cl)n1.